The molecule has 0 aliphatic rings. The minimum absolute atomic E-state index is 0.0578. The summed E-state index contributed by atoms with van der Waals surface area (Å²) in [6.45, 7) is 4.77. The monoisotopic (exact) mass is 345 g/mol. The molecule has 0 aliphatic carbocycles. The zero-order valence-corrected chi connectivity index (χ0v) is 13.6. The van der Waals surface area contributed by atoms with Crippen LogP contribution in [0.5, 0.6) is 0 Å². The maximum Gasteiger partial charge on any atom is 0.344 e. The van der Waals surface area contributed by atoms with E-state index in [1.165, 1.54) is 6.20 Å². The lowest BCUT2D eigenvalue weighted by Crippen LogP contribution is -2.34. The van der Waals surface area contributed by atoms with Crippen LogP contribution in [0, 0.1) is 11.6 Å². The van der Waals surface area contributed by atoms with E-state index in [0.717, 1.165) is 34.6 Å². The topological polar surface area (TPSA) is 38.1 Å². The van der Waals surface area contributed by atoms with E-state index < -0.39 is 11.6 Å². The molecular weight excluding hydrogens is 332 g/mol. The SMILES string of the molecule is CCN(CC)C(=O)n1cc(Cl)c(Sc2cc(F)ccc2F)n1. The molecule has 4 nitrogen and oxygen atoms in total. The van der Waals surface area contributed by atoms with Gasteiger partial charge in [0.15, 0.2) is 0 Å². The van der Waals surface area contributed by atoms with Gasteiger partial charge in [-0.25, -0.2) is 13.6 Å². The van der Waals surface area contributed by atoms with Crippen molar-refractivity contribution in [2.24, 2.45) is 0 Å². The van der Waals surface area contributed by atoms with Crippen molar-refractivity contribution in [3.05, 3.63) is 41.1 Å². The van der Waals surface area contributed by atoms with Crippen molar-refractivity contribution >= 4 is 29.4 Å². The van der Waals surface area contributed by atoms with Gasteiger partial charge in [-0.2, -0.15) is 9.78 Å². The zero-order chi connectivity index (χ0) is 16.3. The normalized spacial score (nSPS) is 10.8. The maximum atomic E-state index is 13.6. The molecule has 1 aromatic carbocycles. The van der Waals surface area contributed by atoms with Gasteiger partial charge < -0.3 is 4.90 Å². The number of rotatable bonds is 4. The molecule has 0 radical (unpaired) electrons. The Bertz CT molecular complexity index is 689. The number of hydrogen-bond donors (Lipinski definition) is 0. The smallest absolute Gasteiger partial charge is 0.323 e. The van der Waals surface area contributed by atoms with Gasteiger partial charge in [0.2, 0.25) is 0 Å². The first kappa shape index (κ1) is 16.8. The number of aromatic nitrogens is 2. The summed E-state index contributed by atoms with van der Waals surface area (Å²) in [5.41, 5.74) is 0. The predicted octanol–water partition coefficient (Wildman–Crippen LogP) is 4.28. The number of benzene rings is 1. The van der Waals surface area contributed by atoms with E-state index >= 15 is 0 Å². The van der Waals surface area contributed by atoms with Gasteiger partial charge in [0.05, 0.1) is 16.1 Å². The fraction of sp³-hybridized carbons (Fsp3) is 0.286. The Balaban J connectivity index is 2.27. The Morgan fingerprint density at radius 3 is 2.68 bits per heavy atom. The van der Waals surface area contributed by atoms with Crippen LogP contribution in [-0.2, 0) is 0 Å². The number of carbonyl (C=O) groups excluding carboxylic acids is 1. The molecule has 2 rings (SSSR count). The molecule has 0 bridgehead atoms. The summed E-state index contributed by atoms with van der Waals surface area (Å²) in [4.78, 5) is 13.8. The molecule has 0 N–H and O–H groups in total. The highest BCUT2D eigenvalue weighted by Gasteiger charge is 2.18. The lowest BCUT2D eigenvalue weighted by atomic mass is 10.3. The number of hydrogen-bond acceptors (Lipinski definition) is 3. The highest BCUT2D eigenvalue weighted by Crippen LogP contribution is 2.33. The number of amides is 1. The minimum atomic E-state index is -0.577. The van der Waals surface area contributed by atoms with Crippen LogP contribution >= 0.6 is 23.4 Å². The van der Waals surface area contributed by atoms with Gasteiger partial charge >= 0.3 is 6.03 Å². The Morgan fingerprint density at radius 2 is 2.05 bits per heavy atom. The molecule has 0 aliphatic heterocycles. The molecule has 2 aromatic rings. The fourth-order valence-corrected chi connectivity index (χ4v) is 2.87. The first-order valence-corrected chi connectivity index (χ1v) is 7.83. The van der Waals surface area contributed by atoms with Crippen molar-refractivity contribution in [3.8, 4) is 0 Å². The molecule has 118 valence electrons. The fourth-order valence-electron chi connectivity index (χ4n) is 1.80. The van der Waals surface area contributed by atoms with E-state index in [0.29, 0.717) is 13.1 Å². The Hall–Kier alpha value is -1.60. The van der Waals surface area contributed by atoms with Gasteiger partial charge in [-0.05, 0) is 32.0 Å². The van der Waals surface area contributed by atoms with Crippen LogP contribution in [0.1, 0.15) is 13.8 Å². The van der Waals surface area contributed by atoms with Crippen LogP contribution in [0.25, 0.3) is 0 Å². The van der Waals surface area contributed by atoms with Gasteiger partial charge in [0.1, 0.15) is 16.7 Å². The molecule has 8 heteroatoms. The van der Waals surface area contributed by atoms with Crippen LogP contribution in [0.4, 0.5) is 13.6 Å². The molecule has 1 heterocycles. The lowest BCUT2D eigenvalue weighted by Gasteiger charge is -2.17. The van der Waals surface area contributed by atoms with E-state index in [-0.39, 0.29) is 21.0 Å². The largest absolute Gasteiger partial charge is 0.344 e. The molecule has 1 amide bonds. The van der Waals surface area contributed by atoms with Crippen LogP contribution in [0.15, 0.2) is 34.3 Å². The molecular formula is C14H14ClF2N3OS. The Morgan fingerprint density at radius 1 is 1.36 bits per heavy atom. The highest BCUT2D eigenvalue weighted by atomic mass is 35.5. The van der Waals surface area contributed by atoms with E-state index in [2.05, 4.69) is 5.10 Å². The van der Waals surface area contributed by atoms with Crippen molar-refractivity contribution in [2.75, 3.05) is 13.1 Å². The van der Waals surface area contributed by atoms with Gasteiger partial charge in [-0.15, -0.1) is 0 Å². The standard InChI is InChI=1S/C14H14ClF2N3OS/c1-3-19(4-2)14(21)20-8-10(15)13(18-20)22-12-7-9(16)5-6-11(12)17/h5-8H,3-4H2,1-2H3. The summed E-state index contributed by atoms with van der Waals surface area (Å²) >= 11 is 6.90. The zero-order valence-electron chi connectivity index (χ0n) is 12.0. The van der Waals surface area contributed by atoms with E-state index in [9.17, 15) is 13.6 Å². The summed E-state index contributed by atoms with van der Waals surface area (Å²) in [6, 6.07) is 2.80. The second kappa shape index (κ2) is 7.11. The predicted molar refractivity (Wildman–Crippen MR) is 81.4 cm³/mol. The first-order chi connectivity index (χ1) is 10.5. The number of halogens is 3. The lowest BCUT2D eigenvalue weighted by molar-refractivity contribution is 0.201. The Labute approximate surface area is 136 Å². The molecule has 0 fully saturated rings. The summed E-state index contributed by atoms with van der Waals surface area (Å²) in [6.07, 6.45) is 1.36. The average Bonchev–Trinajstić information content (AvgIpc) is 2.85. The third-order valence-electron chi connectivity index (χ3n) is 2.97. The number of nitrogens with zero attached hydrogens (tertiary/aromatic N) is 3. The van der Waals surface area contributed by atoms with Crippen LogP contribution < -0.4 is 0 Å². The third kappa shape index (κ3) is 3.59. The summed E-state index contributed by atoms with van der Waals surface area (Å²) in [7, 11) is 0. The van der Waals surface area contributed by atoms with E-state index in [1.807, 2.05) is 13.8 Å². The van der Waals surface area contributed by atoms with E-state index in [4.69, 9.17) is 11.6 Å². The van der Waals surface area contributed by atoms with Crippen molar-refractivity contribution in [1.29, 1.82) is 0 Å². The maximum absolute atomic E-state index is 13.6. The first-order valence-electron chi connectivity index (χ1n) is 6.63. The van der Waals surface area contributed by atoms with Crippen LogP contribution in [-0.4, -0.2) is 33.8 Å². The summed E-state index contributed by atoms with van der Waals surface area (Å²) < 4.78 is 27.9. The molecule has 0 saturated carbocycles. The van der Waals surface area contributed by atoms with Crippen molar-refractivity contribution < 1.29 is 13.6 Å². The van der Waals surface area contributed by atoms with Gasteiger partial charge in [0, 0.05) is 13.1 Å². The highest BCUT2D eigenvalue weighted by molar-refractivity contribution is 7.99. The van der Waals surface area contributed by atoms with Crippen LogP contribution in [0.2, 0.25) is 5.02 Å². The van der Waals surface area contributed by atoms with Crippen molar-refractivity contribution in [1.82, 2.24) is 14.7 Å². The molecule has 0 atom stereocenters. The number of carbonyl (C=O) groups is 1. The Kier molecular flexibility index (Phi) is 5.42. The molecule has 0 spiro atoms. The van der Waals surface area contributed by atoms with Gasteiger partial charge in [-0.3, -0.25) is 0 Å². The summed E-state index contributed by atoms with van der Waals surface area (Å²) in [5.74, 6) is -1.13. The minimum Gasteiger partial charge on any atom is -0.323 e. The molecule has 0 saturated heterocycles. The van der Waals surface area contributed by atoms with Gasteiger partial charge in [0.25, 0.3) is 0 Å². The molecule has 0 unspecified atom stereocenters. The average molecular weight is 346 g/mol. The van der Waals surface area contributed by atoms with Gasteiger partial charge in [-0.1, -0.05) is 23.4 Å². The van der Waals surface area contributed by atoms with E-state index in [1.54, 1.807) is 4.90 Å². The third-order valence-corrected chi connectivity index (χ3v) is 4.38. The molecule has 22 heavy (non-hydrogen) atoms. The van der Waals surface area contributed by atoms with Crippen LogP contribution in [0.3, 0.4) is 0 Å². The van der Waals surface area contributed by atoms with Crippen molar-refractivity contribution in [3.63, 3.8) is 0 Å². The second-order valence-electron chi connectivity index (χ2n) is 4.36. The van der Waals surface area contributed by atoms with Crippen molar-refractivity contribution in [2.45, 2.75) is 23.8 Å². The molecule has 1 aromatic heterocycles. The quantitative estimate of drug-likeness (QED) is 0.830. The second-order valence-corrected chi connectivity index (χ2v) is 5.80. The summed E-state index contributed by atoms with van der Waals surface area (Å²) in [5, 5.41) is 4.51.